The Morgan fingerprint density at radius 3 is 2.68 bits per heavy atom. The van der Waals surface area contributed by atoms with E-state index in [2.05, 4.69) is 30.6 Å². The molecule has 2 N–H and O–H groups in total. The van der Waals surface area contributed by atoms with Crippen LogP contribution in [-0.2, 0) is 20.1 Å². The number of nitrogens with one attached hydrogen (secondary N) is 2. The maximum atomic E-state index is 12.5. The molecule has 2 rings (SSSR count). The van der Waals surface area contributed by atoms with Crippen molar-refractivity contribution >= 4 is 41.5 Å². The number of benzene rings is 1. The number of aliphatic imine (C=N–C) groups is 1. The topological polar surface area (TPSA) is 76.4 Å². The smallest absolute Gasteiger partial charge is 0.387 e. The molecule has 0 aliphatic rings. The molecule has 1 aromatic heterocycles. The lowest BCUT2D eigenvalue weighted by Gasteiger charge is -2.14. The standard InChI is InChI=1S/C14H17ClF2N6O.HI/c1-18-14(20-7-12-22-21-8-23(12)2)19-6-9-5-10(15)3-4-11(9)24-13(16)17;/h3-5,8,13H,6-7H2,1-2H3,(H2,18,19,20);1H. The van der Waals surface area contributed by atoms with Gasteiger partial charge in [0.05, 0.1) is 6.54 Å². The highest BCUT2D eigenvalue weighted by atomic mass is 127. The monoisotopic (exact) mass is 486 g/mol. The van der Waals surface area contributed by atoms with Gasteiger partial charge in [-0.3, -0.25) is 4.99 Å². The molecule has 1 heterocycles. The van der Waals surface area contributed by atoms with Gasteiger partial charge in [0.25, 0.3) is 0 Å². The van der Waals surface area contributed by atoms with Crippen molar-refractivity contribution in [2.45, 2.75) is 19.7 Å². The Kier molecular flexibility index (Phi) is 8.83. The number of hydrogen-bond acceptors (Lipinski definition) is 4. The van der Waals surface area contributed by atoms with Crippen LogP contribution >= 0.6 is 35.6 Å². The summed E-state index contributed by atoms with van der Waals surface area (Å²) in [6.45, 7) is -2.29. The first-order valence-electron chi connectivity index (χ1n) is 7.00. The lowest BCUT2D eigenvalue weighted by atomic mass is 10.2. The summed E-state index contributed by atoms with van der Waals surface area (Å²) in [6, 6.07) is 4.45. The molecule has 0 aliphatic heterocycles. The van der Waals surface area contributed by atoms with E-state index >= 15 is 0 Å². The molecule has 2 aromatic rings. The summed E-state index contributed by atoms with van der Waals surface area (Å²) in [7, 11) is 3.42. The summed E-state index contributed by atoms with van der Waals surface area (Å²) in [4.78, 5) is 4.06. The first-order valence-corrected chi connectivity index (χ1v) is 7.38. The molecule has 0 bridgehead atoms. The van der Waals surface area contributed by atoms with Crippen LogP contribution in [0.1, 0.15) is 11.4 Å². The van der Waals surface area contributed by atoms with Crippen LogP contribution in [0.5, 0.6) is 5.75 Å². The van der Waals surface area contributed by atoms with Gasteiger partial charge in [0, 0.05) is 31.2 Å². The van der Waals surface area contributed by atoms with Crippen LogP contribution in [-0.4, -0.2) is 34.4 Å². The van der Waals surface area contributed by atoms with E-state index in [-0.39, 0.29) is 36.3 Å². The molecule has 0 saturated carbocycles. The fourth-order valence-corrected chi connectivity index (χ4v) is 2.12. The Bertz CT molecular complexity index is 712. The molecule has 11 heteroatoms. The lowest BCUT2D eigenvalue weighted by molar-refractivity contribution is -0.0504. The third-order valence-corrected chi connectivity index (χ3v) is 3.36. The van der Waals surface area contributed by atoms with Crippen molar-refractivity contribution < 1.29 is 13.5 Å². The number of aryl methyl sites for hydroxylation is 1. The highest BCUT2D eigenvalue weighted by molar-refractivity contribution is 14.0. The second-order valence-electron chi connectivity index (χ2n) is 4.77. The van der Waals surface area contributed by atoms with Crippen LogP contribution in [0.25, 0.3) is 0 Å². The maximum Gasteiger partial charge on any atom is 0.387 e. The van der Waals surface area contributed by atoms with Crippen molar-refractivity contribution in [3.05, 3.63) is 40.9 Å². The van der Waals surface area contributed by atoms with Crippen LogP contribution in [0.2, 0.25) is 5.02 Å². The molecule has 0 radical (unpaired) electrons. The van der Waals surface area contributed by atoms with Crippen LogP contribution < -0.4 is 15.4 Å². The third-order valence-electron chi connectivity index (χ3n) is 3.13. The maximum absolute atomic E-state index is 12.5. The summed E-state index contributed by atoms with van der Waals surface area (Å²) in [5.74, 6) is 1.26. The second kappa shape index (κ2) is 10.3. The number of alkyl halides is 2. The van der Waals surface area contributed by atoms with Gasteiger partial charge in [-0.1, -0.05) is 11.6 Å². The molecule has 138 valence electrons. The average Bonchev–Trinajstić information content (AvgIpc) is 2.94. The number of rotatable bonds is 6. The number of guanidine groups is 1. The van der Waals surface area contributed by atoms with E-state index in [1.54, 1.807) is 24.0 Å². The quantitative estimate of drug-likeness (QED) is 0.373. The number of hydrogen-bond donors (Lipinski definition) is 2. The molecule has 7 nitrogen and oxygen atoms in total. The van der Waals surface area contributed by atoms with Gasteiger partial charge in [-0.25, -0.2) is 0 Å². The van der Waals surface area contributed by atoms with E-state index < -0.39 is 6.61 Å². The van der Waals surface area contributed by atoms with E-state index in [9.17, 15) is 8.78 Å². The normalized spacial score (nSPS) is 11.2. The van der Waals surface area contributed by atoms with Crippen molar-refractivity contribution in [3.8, 4) is 5.75 Å². The van der Waals surface area contributed by atoms with Gasteiger partial charge < -0.3 is 19.9 Å². The molecule has 25 heavy (non-hydrogen) atoms. The van der Waals surface area contributed by atoms with Crippen LogP contribution in [0, 0.1) is 0 Å². The van der Waals surface area contributed by atoms with Gasteiger partial charge in [0.2, 0.25) is 0 Å². The SMILES string of the molecule is CN=C(NCc1cc(Cl)ccc1OC(F)F)NCc1nncn1C.I. The predicted molar refractivity (Wildman–Crippen MR) is 102 cm³/mol. The van der Waals surface area contributed by atoms with Crippen molar-refractivity contribution in [3.63, 3.8) is 0 Å². The predicted octanol–water partition coefficient (Wildman–Crippen LogP) is 2.55. The Hall–Kier alpha value is -1.69. The third kappa shape index (κ3) is 6.61. The molecule has 0 saturated heterocycles. The van der Waals surface area contributed by atoms with E-state index in [0.29, 0.717) is 23.1 Å². The molecule has 0 aliphatic carbocycles. The molecule has 0 spiro atoms. The zero-order valence-electron chi connectivity index (χ0n) is 13.5. The fourth-order valence-electron chi connectivity index (χ4n) is 1.93. The molecule has 0 atom stereocenters. The first-order chi connectivity index (χ1) is 11.5. The fraction of sp³-hybridized carbons (Fsp3) is 0.357. The average molecular weight is 487 g/mol. The molecule has 1 aromatic carbocycles. The van der Waals surface area contributed by atoms with Crippen LogP contribution in [0.3, 0.4) is 0 Å². The van der Waals surface area contributed by atoms with E-state index in [1.807, 2.05) is 7.05 Å². The summed E-state index contributed by atoms with van der Waals surface area (Å²) in [5.41, 5.74) is 0.490. The number of nitrogens with zero attached hydrogens (tertiary/aromatic N) is 4. The molecule has 0 fully saturated rings. The minimum absolute atomic E-state index is 0. The van der Waals surface area contributed by atoms with Gasteiger partial charge in [-0.05, 0) is 18.2 Å². The van der Waals surface area contributed by atoms with Crippen molar-refractivity contribution in [2.24, 2.45) is 12.0 Å². The van der Waals surface area contributed by atoms with Gasteiger partial charge in [0.15, 0.2) is 11.8 Å². The zero-order valence-corrected chi connectivity index (χ0v) is 16.6. The Morgan fingerprint density at radius 2 is 2.08 bits per heavy atom. The lowest BCUT2D eigenvalue weighted by Crippen LogP contribution is -2.37. The van der Waals surface area contributed by atoms with Gasteiger partial charge in [0.1, 0.15) is 12.1 Å². The highest BCUT2D eigenvalue weighted by Gasteiger charge is 2.11. The van der Waals surface area contributed by atoms with Crippen LogP contribution in [0.15, 0.2) is 29.5 Å². The summed E-state index contributed by atoms with van der Waals surface area (Å²) in [5, 5.41) is 14.2. The summed E-state index contributed by atoms with van der Waals surface area (Å²) < 4.78 is 31.2. The minimum Gasteiger partial charge on any atom is -0.434 e. The Labute approximate surface area is 165 Å². The number of halogens is 4. The van der Waals surface area contributed by atoms with Crippen LogP contribution in [0.4, 0.5) is 8.78 Å². The number of ether oxygens (including phenoxy) is 1. The van der Waals surface area contributed by atoms with Crippen molar-refractivity contribution in [1.82, 2.24) is 25.4 Å². The van der Waals surface area contributed by atoms with Crippen molar-refractivity contribution in [2.75, 3.05) is 7.05 Å². The Balaban J connectivity index is 0.00000312. The summed E-state index contributed by atoms with van der Waals surface area (Å²) >= 11 is 5.91. The van der Waals surface area contributed by atoms with E-state index in [0.717, 1.165) is 5.82 Å². The highest BCUT2D eigenvalue weighted by Crippen LogP contribution is 2.24. The zero-order chi connectivity index (χ0) is 17.5. The van der Waals surface area contributed by atoms with Gasteiger partial charge in [-0.15, -0.1) is 34.2 Å². The number of aromatic nitrogens is 3. The largest absolute Gasteiger partial charge is 0.434 e. The van der Waals surface area contributed by atoms with E-state index in [4.69, 9.17) is 11.6 Å². The summed E-state index contributed by atoms with van der Waals surface area (Å²) in [6.07, 6.45) is 1.59. The Morgan fingerprint density at radius 1 is 1.36 bits per heavy atom. The van der Waals surface area contributed by atoms with Gasteiger partial charge in [-0.2, -0.15) is 8.78 Å². The first kappa shape index (κ1) is 21.4. The minimum atomic E-state index is -2.90. The van der Waals surface area contributed by atoms with E-state index in [1.165, 1.54) is 12.1 Å². The second-order valence-corrected chi connectivity index (χ2v) is 5.20. The van der Waals surface area contributed by atoms with Crippen molar-refractivity contribution in [1.29, 1.82) is 0 Å². The molecular weight excluding hydrogens is 469 g/mol. The molecular formula is C14H18ClF2IN6O. The van der Waals surface area contributed by atoms with Gasteiger partial charge >= 0.3 is 6.61 Å². The molecule has 0 unspecified atom stereocenters. The molecule has 0 amide bonds.